The van der Waals surface area contributed by atoms with Gasteiger partial charge in [-0.2, -0.15) is 5.26 Å². The van der Waals surface area contributed by atoms with Crippen molar-refractivity contribution in [1.82, 2.24) is 0 Å². The molecular weight excluding hydrogens is 192 g/mol. The Hall–Kier alpha value is -0.880. The summed E-state index contributed by atoms with van der Waals surface area (Å²) in [6.07, 6.45) is 8.19. The molecule has 0 radical (unpaired) electrons. The highest BCUT2D eigenvalue weighted by Crippen LogP contribution is 2.24. The van der Waals surface area contributed by atoms with Crippen LogP contribution in [0, 0.1) is 11.3 Å². The predicted molar refractivity (Wildman–Crippen MR) is 61.7 cm³/mol. The summed E-state index contributed by atoms with van der Waals surface area (Å²) in [5.41, 5.74) is 7.27. The molecule has 0 aromatic rings. The lowest BCUT2D eigenvalue weighted by Crippen LogP contribution is -2.13. The summed E-state index contributed by atoms with van der Waals surface area (Å²) in [5.74, 6) is 0. The first-order chi connectivity index (χ1) is 6.75. The van der Waals surface area contributed by atoms with E-state index in [9.17, 15) is 0 Å². The number of hydrogen-bond acceptors (Lipinski definition) is 2. The summed E-state index contributed by atoms with van der Waals surface area (Å²) in [7, 11) is 0. The summed E-state index contributed by atoms with van der Waals surface area (Å²) in [6.45, 7) is 0. The molecule has 0 spiro atoms. The first kappa shape index (κ1) is 11.2. The highest BCUT2D eigenvalue weighted by atomic mass is 32.1. The molecule has 0 aliphatic heterocycles. The molecule has 1 aliphatic rings. The summed E-state index contributed by atoms with van der Waals surface area (Å²) >= 11 is 4.87. The van der Waals surface area contributed by atoms with Gasteiger partial charge in [0.25, 0.3) is 0 Å². The summed E-state index contributed by atoms with van der Waals surface area (Å²) in [5, 5.41) is 8.94. The smallest absolute Gasteiger partial charge is 0.114 e. The van der Waals surface area contributed by atoms with Gasteiger partial charge >= 0.3 is 0 Å². The van der Waals surface area contributed by atoms with E-state index in [1.165, 1.54) is 37.7 Å². The number of rotatable bonds is 1. The zero-order valence-electron chi connectivity index (χ0n) is 8.38. The number of nitrogens with two attached hydrogens (primary N) is 1. The number of thiocarbonyl (C=S) groups is 1. The molecule has 0 aromatic carbocycles. The van der Waals surface area contributed by atoms with Crippen LogP contribution >= 0.6 is 12.2 Å². The van der Waals surface area contributed by atoms with Gasteiger partial charge in [-0.05, 0) is 31.3 Å². The monoisotopic (exact) mass is 208 g/mol. The molecule has 1 rings (SSSR count). The summed E-state index contributed by atoms with van der Waals surface area (Å²) < 4.78 is 0. The van der Waals surface area contributed by atoms with Crippen LogP contribution in [0.5, 0.6) is 0 Å². The minimum Gasteiger partial charge on any atom is -0.389 e. The van der Waals surface area contributed by atoms with Crippen molar-refractivity contribution in [3.05, 3.63) is 11.1 Å². The fourth-order valence-corrected chi connectivity index (χ4v) is 2.08. The first-order valence-corrected chi connectivity index (χ1v) is 5.58. The van der Waals surface area contributed by atoms with Crippen LogP contribution in [-0.4, -0.2) is 4.99 Å². The Morgan fingerprint density at radius 2 is 1.64 bits per heavy atom. The number of nitrogens with zero attached hydrogens (tertiary/aromatic N) is 1. The molecule has 2 N–H and O–H groups in total. The maximum atomic E-state index is 8.94. The van der Waals surface area contributed by atoms with E-state index >= 15 is 0 Å². The highest BCUT2D eigenvalue weighted by molar-refractivity contribution is 7.80. The maximum Gasteiger partial charge on any atom is 0.114 e. The van der Waals surface area contributed by atoms with Gasteiger partial charge in [0.15, 0.2) is 0 Å². The van der Waals surface area contributed by atoms with Crippen molar-refractivity contribution in [2.75, 3.05) is 0 Å². The second kappa shape index (κ2) is 5.77. The van der Waals surface area contributed by atoms with E-state index in [0.29, 0.717) is 5.57 Å². The summed E-state index contributed by atoms with van der Waals surface area (Å²) in [6, 6.07) is 2.13. The van der Waals surface area contributed by atoms with E-state index in [4.69, 9.17) is 23.2 Å². The van der Waals surface area contributed by atoms with Crippen LogP contribution in [0.2, 0.25) is 0 Å². The fourth-order valence-electron chi connectivity index (χ4n) is 1.89. The molecule has 0 amide bonds. The van der Waals surface area contributed by atoms with Gasteiger partial charge in [-0.3, -0.25) is 0 Å². The zero-order valence-corrected chi connectivity index (χ0v) is 9.20. The normalized spacial score (nSPS) is 17.8. The topological polar surface area (TPSA) is 49.8 Å². The molecule has 14 heavy (non-hydrogen) atoms. The van der Waals surface area contributed by atoms with E-state index in [0.717, 1.165) is 12.8 Å². The number of hydrogen-bond donors (Lipinski definition) is 1. The third-order valence-electron chi connectivity index (χ3n) is 2.67. The maximum absolute atomic E-state index is 8.94. The Morgan fingerprint density at radius 3 is 2.07 bits per heavy atom. The molecule has 3 heteroatoms. The lowest BCUT2D eigenvalue weighted by Gasteiger charge is -2.13. The summed E-state index contributed by atoms with van der Waals surface area (Å²) in [4.78, 5) is 0.267. The third kappa shape index (κ3) is 3.12. The Kier molecular flexibility index (Phi) is 4.61. The standard InChI is InChI=1S/C11H16N2S/c12-8-10(11(13)14)9-6-4-2-1-3-5-7-9/h1-7H2,(H2,13,14). The molecule has 1 saturated carbocycles. The van der Waals surface area contributed by atoms with Gasteiger partial charge in [-0.25, -0.2) is 0 Å². The van der Waals surface area contributed by atoms with Gasteiger partial charge in [0.2, 0.25) is 0 Å². The molecule has 0 atom stereocenters. The molecule has 0 saturated heterocycles. The van der Waals surface area contributed by atoms with Gasteiger partial charge in [-0.1, -0.05) is 31.5 Å². The largest absolute Gasteiger partial charge is 0.389 e. The molecule has 0 aromatic heterocycles. The molecule has 76 valence electrons. The van der Waals surface area contributed by atoms with Gasteiger partial charge in [0.05, 0.1) is 5.57 Å². The van der Waals surface area contributed by atoms with Crippen molar-refractivity contribution in [2.45, 2.75) is 44.9 Å². The van der Waals surface area contributed by atoms with Crippen LogP contribution < -0.4 is 5.73 Å². The first-order valence-electron chi connectivity index (χ1n) is 5.17. The fraction of sp³-hybridized carbons (Fsp3) is 0.636. The van der Waals surface area contributed by atoms with Crippen molar-refractivity contribution < 1.29 is 0 Å². The Morgan fingerprint density at radius 1 is 1.14 bits per heavy atom. The quantitative estimate of drug-likeness (QED) is 0.409. The molecule has 0 heterocycles. The van der Waals surface area contributed by atoms with Crippen molar-refractivity contribution in [3.63, 3.8) is 0 Å². The van der Waals surface area contributed by atoms with Crippen LogP contribution in [0.3, 0.4) is 0 Å². The molecule has 1 aliphatic carbocycles. The molecule has 0 bridgehead atoms. The minimum atomic E-state index is 0.267. The van der Waals surface area contributed by atoms with E-state index in [-0.39, 0.29) is 4.99 Å². The van der Waals surface area contributed by atoms with Crippen molar-refractivity contribution >= 4 is 17.2 Å². The van der Waals surface area contributed by atoms with Crippen LogP contribution in [0.4, 0.5) is 0 Å². The van der Waals surface area contributed by atoms with Crippen LogP contribution in [-0.2, 0) is 0 Å². The lowest BCUT2D eigenvalue weighted by atomic mass is 9.93. The van der Waals surface area contributed by atoms with Crippen LogP contribution in [0.1, 0.15) is 44.9 Å². The SMILES string of the molecule is N#CC(C(N)=S)=C1CCCCCCC1. The lowest BCUT2D eigenvalue weighted by molar-refractivity contribution is 0.568. The Labute approximate surface area is 90.8 Å². The zero-order chi connectivity index (χ0) is 10.4. The van der Waals surface area contributed by atoms with E-state index in [1.807, 2.05) is 0 Å². The minimum absolute atomic E-state index is 0.267. The van der Waals surface area contributed by atoms with E-state index in [2.05, 4.69) is 6.07 Å². The van der Waals surface area contributed by atoms with Crippen molar-refractivity contribution in [2.24, 2.45) is 5.73 Å². The number of allylic oxidation sites excluding steroid dienone is 1. The number of nitriles is 1. The highest BCUT2D eigenvalue weighted by Gasteiger charge is 2.10. The molecular formula is C11H16N2S. The molecule has 1 fully saturated rings. The molecule has 2 nitrogen and oxygen atoms in total. The predicted octanol–water partition coefficient (Wildman–Crippen LogP) is 2.84. The van der Waals surface area contributed by atoms with Crippen LogP contribution in [0.15, 0.2) is 11.1 Å². The van der Waals surface area contributed by atoms with Crippen molar-refractivity contribution in [1.29, 1.82) is 5.26 Å². The second-order valence-electron chi connectivity index (χ2n) is 3.72. The molecule has 0 unspecified atom stereocenters. The second-order valence-corrected chi connectivity index (χ2v) is 4.16. The van der Waals surface area contributed by atoms with Gasteiger partial charge in [0, 0.05) is 0 Å². The van der Waals surface area contributed by atoms with Gasteiger partial charge in [0.1, 0.15) is 11.1 Å². The average Bonchev–Trinajstić information content (AvgIpc) is 2.08. The Bertz CT molecular complexity index is 276. The Balaban J connectivity index is 2.79. The van der Waals surface area contributed by atoms with E-state index in [1.54, 1.807) is 0 Å². The van der Waals surface area contributed by atoms with Crippen molar-refractivity contribution in [3.8, 4) is 6.07 Å². The van der Waals surface area contributed by atoms with E-state index < -0.39 is 0 Å². The third-order valence-corrected chi connectivity index (χ3v) is 2.87. The average molecular weight is 208 g/mol. The van der Waals surface area contributed by atoms with Crippen LogP contribution in [0.25, 0.3) is 0 Å². The van der Waals surface area contributed by atoms with Gasteiger partial charge in [-0.15, -0.1) is 0 Å². The van der Waals surface area contributed by atoms with Gasteiger partial charge < -0.3 is 5.73 Å².